The summed E-state index contributed by atoms with van der Waals surface area (Å²) in [6.07, 6.45) is 0. The number of ether oxygens (including phenoxy) is 1. The number of anilines is 1. The number of hydrogen-bond donors (Lipinski definition) is 1. The Morgan fingerprint density at radius 1 is 0.871 bits per heavy atom. The second kappa shape index (κ2) is 9.92. The van der Waals surface area contributed by atoms with Crippen molar-refractivity contribution in [2.45, 2.75) is 13.8 Å². The van der Waals surface area contributed by atoms with E-state index >= 15 is 0 Å². The van der Waals surface area contributed by atoms with Crippen LogP contribution in [0.15, 0.2) is 48.5 Å². The summed E-state index contributed by atoms with van der Waals surface area (Å²) in [5.74, 6) is -0.592. The van der Waals surface area contributed by atoms with Crippen molar-refractivity contribution in [2.75, 3.05) is 11.9 Å². The molecule has 4 nitrogen and oxygen atoms in total. The summed E-state index contributed by atoms with van der Waals surface area (Å²) in [6.45, 7) is 3.09. The SMILES string of the molecule is Cc1c(Cl)c(C)c(Cl)c(OCC(=O)Nc2ccc(Cl)cc2C(=O)c2ccccc2)c1Cl. The fraction of sp³-hybridized carbons (Fsp3) is 0.130. The molecule has 0 spiro atoms. The highest BCUT2D eigenvalue weighted by molar-refractivity contribution is 6.42. The van der Waals surface area contributed by atoms with Crippen molar-refractivity contribution in [1.82, 2.24) is 0 Å². The molecule has 1 amide bonds. The van der Waals surface area contributed by atoms with Gasteiger partial charge in [0.05, 0.1) is 15.7 Å². The number of amides is 1. The van der Waals surface area contributed by atoms with Gasteiger partial charge in [0.25, 0.3) is 5.91 Å². The van der Waals surface area contributed by atoms with Crippen LogP contribution in [0.3, 0.4) is 0 Å². The van der Waals surface area contributed by atoms with Gasteiger partial charge in [-0.3, -0.25) is 9.59 Å². The zero-order valence-corrected chi connectivity index (χ0v) is 19.6. The van der Waals surface area contributed by atoms with Gasteiger partial charge in [-0.2, -0.15) is 0 Å². The average Bonchev–Trinajstić information content (AvgIpc) is 2.77. The monoisotopic (exact) mass is 495 g/mol. The molecule has 0 fully saturated rings. The molecule has 0 aliphatic carbocycles. The Labute approximate surface area is 200 Å². The minimum atomic E-state index is -0.498. The number of carbonyl (C=O) groups is 2. The molecule has 3 aromatic carbocycles. The van der Waals surface area contributed by atoms with Gasteiger partial charge in [0, 0.05) is 21.2 Å². The third-order valence-corrected chi connectivity index (χ3v) is 6.31. The molecule has 0 aliphatic rings. The molecule has 0 atom stereocenters. The molecule has 3 aromatic rings. The lowest BCUT2D eigenvalue weighted by atomic mass is 10.0. The van der Waals surface area contributed by atoms with E-state index in [9.17, 15) is 9.59 Å². The number of rotatable bonds is 6. The van der Waals surface area contributed by atoms with Crippen molar-refractivity contribution >= 4 is 63.8 Å². The van der Waals surface area contributed by atoms with Gasteiger partial charge in [0.1, 0.15) is 0 Å². The normalized spacial score (nSPS) is 10.6. The van der Waals surface area contributed by atoms with E-state index in [4.69, 9.17) is 51.1 Å². The van der Waals surface area contributed by atoms with Gasteiger partial charge in [-0.15, -0.1) is 0 Å². The first-order valence-corrected chi connectivity index (χ1v) is 10.7. The molecule has 0 heterocycles. The lowest BCUT2D eigenvalue weighted by molar-refractivity contribution is -0.118. The molecule has 0 radical (unpaired) electrons. The lowest BCUT2D eigenvalue weighted by Crippen LogP contribution is -2.22. The lowest BCUT2D eigenvalue weighted by Gasteiger charge is -2.16. The summed E-state index contributed by atoms with van der Waals surface area (Å²) in [6, 6.07) is 13.4. The van der Waals surface area contributed by atoms with Crippen LogP contribution in [0.5, 0.6) is 5.75 Å². The minimum absolute atomic E-state index is 0.176. The van der Waals surface area contributed by atoms with Crippen molar-refractivity contribution in [2.24, 2.45) is 0 Å². The van der Waals surface area contributed by atoms with Crippen LogP contribution in [0.1, 0.15) is 27.0 Å². The van der Waals surface area contributed by atoms with Gasteiger partial charge in [-0.25, -0.2) is 0 Å². The number of hydrogen-bond acceptors (Lipinski definition) is 3. The van der Waals surface area contributed by atoms with Gasteiger partial charge in [0.15, 0.2) is 18.1 Å². The highest BCUT2D eigenvalue weighted by atomic mass is 35.5. The summed E-state index contributed by atoms with van der Waals surface area (Å²) >= 11 is 24.8. The highest BCUT2D eigenvalue weighted by Crippen LogP contribution is 2.42. The van der Waals surface area contributed by atoms with E-state index in [-0.39, 0.29) is 33.7 Å². The Morgan fingerprint density at radius 3 is 2.10 bits per heavy atom. The fourth-order valence-electron chi connectivity index (χ4n) is 2.92. The predicted molar refractivity (Wildman–Crippen MR) is 126 cm³/mol. The summed E-state index contributed by atoms with van der Waals surface area (Å²) in [5, 5.41) is 3.97. The van der Waals surface area contributed by atoms with E-state index in [0.717, 1.165) is 0 Å². The smallest absolute Gasteiger partial charge is 0.262 e. The third kappa shape index (κ3) is 5.16. The quantitative estimate of drug-likeness (QED) is 0.368. The first kappa shape index (κ1) is 23.4. The van der Waals surface area contributed by atoms with Crippen molar-refractivity contribution < 1.29 is 14.3 Å². The Balaban J connectivity index is 1.80. The van der Waals surface area contributed by atoms with E-state index in [2.05, 4.69) is 5.32 Å². The largest absolute Gasteiger partial charge is 0.481 e. The minimum Gasteiger partial charge on any atom is -0.481 e. The van der Waals surface area contributed by atoms with Crippen molar-refractivity contribution in [1.29, 1.82) is 0 Å². The van der Waals surface area contributed by atoms with Gasteiger partial charge in [-0.1, -0.05) is 76.7 Å². The van der Waals surface area contributed by atoms with Crippen LogP contribution in [0.2, 0.25) is 20.1 Å². The van der Waals surface area contributed by atoms with Crippen molar-refractivity contribution in [3.63, 3.8) is 0 Å². The zero-order valence-electron chi connectivity index (χ0n) is 16.6. The number of ketones is 1. The molecule has 8 heteroatoms. The van der Waals surface area contributed by atoms with Crippen LogP contribution in [0.25, 0.3) is 0 Å². The van der Waals surface area contributed by atoms with Crippen LogP contribution >= 0.6 is 46.4 Å². The molecule has 0 aromatic heterocycles. The molecular formula is C23H17Cl4NO3. The van der Waals surface area contributed by atoms with E-state index in [0.29, 0.717) is 32.4 Å². The zero-order chi connectivity index (χ0) is 22.7. The maximum Gasteiger partial charge on any atom is 0.262 e. The molecule has 0 aliphatic heterocycles. The van der Waals surface area contributed by atoms with Crippen molar-refractivity contribution in [3.05, 3.63) is 90.9 Å². The maximum atomic E-state index is 12.9. The summed E-state index contributed by atoms with van der Waals surface area (Å²) in [5.41, 5.74) is 2.26. The van der Waals surface area contributed by atoms with Gasteiger partial charge in [-0.05, 0) is 43.2 Å². The summed E-state index contributed by atoms with van der Waals surface area (Å²) in [4.78, 5) is 25.4. The molecule has 0 saturated carbocycles. The Kier molecular flexibility index (Phi) is 7.50. The molecule has 160 valence electrons. The molecule has 0 saturated heterocycles. The number of carbonyl (C=O) groups excluding carboxylic acids is 2. The van der Waals surface area contributed by atoms with Crippen LogP contribution in [-0.2, 0) is 4.79 Å². The van der Waals surface area contributed by atoms with E-state index in [1.54, 1.807) is 50.2 Å². The summed E-state index contributed by atoms with van der Waals surface area (Å²) in [7, 11) is 0. The Morgan fingerprint density at radius 2 is 1.48 bits per heavy atom. The first-order valence-electron chi connectivity index (χ1n) is 9.16. The topological polar surface area (TPSA) is 55.4 Å². The van der Waals surface area contributed by atoms with Gasteiger partial charge in [0.2, 0.25) is 0 Å². The second-order valence-electron chi connectivity index (χ2n) is 6.74. The molecule has 0 bridgehead atoms. The fourth-order valence-corrected chi connectivity index (χ4v) is 3.91. The molecule has 0 unspecified atom stereocenters. The van der Waals surface area contributed by atoms with Crippen LogP contribution < -0.4 is 10.1 Å². The molecule has 1 N–H and O–H groups in total. The molecule has 31 heavy (non-hydrogen) atoms. The van der Waals surface area contributed by atoms with E-state index < -0.39 is 5.91 Å². The summed E-state index contributed by atoms with van der Waals surface area (Å²) < 4.78 is 5.58. The Bertz CT molecular complexity index is 1130. The molecule has 3 rings (SSSR count). The first-order chi connectivity index (χ1) is 14.7. The number of benzene rings is 3. The third-order valence-electron chi connectivity index (χ3n) is 4.60. The van der Waals surface area contributed by atoms with E-state index in [1.165, 1.54) is 6.07 Å². The van der Waals surface area contributed by atoms with Gasteiger partial charge < -0.3 is 10.1 Å². The number of nitrogens with one attached hydrogen (secondary N) is 1. The predicted octanol–water partition coefficient (Wildman–Crippen LogP) is 7.17. The van der Waals surface area contributed by atoms with E-state index in [1.807, 2.05) is 6.07 Å². The van der Waals surface area contributed by atoms with Crippen LogP contribution in [0.4, 0.5) is 5.69 Å². The second-order valence-corrected chi connectivity index (χ2v) is 8.31. The number of halogens is 4. The van der Waals surface area contributed by atoms with Gasteiger partial charge >= 0.3 is 0 Å². The standard InChI is InChI=1S/C23H17Cl4NO3/c1-12-19(25)13(2)21(27)23(20(12)26)31-11-18(29)28-17-9-8-15(24)10-16(17)22(30)14-6-4-3-5-7-14/h3-10H,11H2,1-2H3,(H,28,29). The highest BCUT2D eigenvalue weighted by Gasteiger charge is 2.20. The average molecular weight is 497 g/mol. The Hall–Kier alpha value is -2.24. The van der Waals surface area contributed by atoms with Crippen molar-refractivity contribution in [3.8, 4) is 5.75 Å². The molecular weight excluding hydrogens is 480 g/mol. The maximum absolute atomic E-state index is 12.9. The van der Waals surface area contributed by atoms with Crippen LogP contribution in [-0.4, -0.2) is 18.3 Å². The van der Waals surface area contributed by atoms with Crippen LogP contribution in [0, 0.1) is 13.8 Å².